The van der Waals surface area contributed by atoms with E-state index in [-0.39, 0.29) is 12.5 Å². The number of carbonyl (C=O) groups is 1. The van der Waals surface area contributed by atoms with Gasteiger partial charge >= 0.3 is 5.97 Å². The van der Waals surface area contributed by atoms with E-state index in [1.807, 2.05) is 71.3 Å². The predicted molar refractivity (Wildman–Crippen MR) is 144 cm³/mol. The largest absolute Gasteiger partial charge is 0.469 e. The van der Waals surface area contributed by atoms with E-state index in [2.05, 4.69) is 17.1 Å². The maximum absolute atomic E-state index is 12.5. The molecular formula is C31H24N4O4. The number of imidazole rings is 1. The maximum atomic E-state index is 12.5. The Hall–Kier alpha value is -5.24. The van der Waals surface area contributed by atoms with Gasteiger partial charge in [-0.15, -0.1) is 0 Å². The van der Waals surface area contributed by atoms with E-state index in [4.69, 9.17) is 23.9 Å². The van der Waals surface area contributed by atoms with Gasteiger partial charge in [-0.1, -0.05) is 66.7 Å². The Bertz CT molecular complexity index is 1680. The number of carbonyl (C=O) groups excluding carboxylic acids is 1. The molecular weight excluding hydrogens is 492 g/mol. The zero-order valence-electron chi connectivity index (χ0n) is 20.9. The van der Waals surface area contributed by atoms with Crippen molar-refractivity contribution in [3.8, 4) is 17.1 Å². The Morgan fingerprint density at radius 2 is 1.62 bits per heavy atom. The average molecular weight is 517 g/mol. The molecule has 4 aromatic heterocycles. The molecule has 0 aliphatic rings. The van der Waals surface area contributed by atoms with Gasteiger partial charge in [-0.25, -0.2) is 19.7 Å². The van der Waals surface area contributed by atoms with E-state index in [9.17, 15) is 4.79 Å². The summed E-state index contributed by atoms with van der Waals surface area (Å²) < 4.78 is 18.9. The molecule has 0 saturated carbocycles. The zero-order chi connectivity index (χ0) is 26.4. The zero-order valence-corrected chi connectivity index (χ0v) is 20.9. The van der Waals surface area contributed by atoms with E-state index >= 15 is 0 Å². The summed E-state index contributed by atoms with van der Waals surface area (Å²) in [7, 11) is 0. The molecule has 8 nitrogen and oxygen atoms in total. The van der Waals surface area contributed by atoms with E-state index in [1.54, 1.807) is 24.5 Å². The van der Waals surface area contributed by atoms with Crippen LogP contribution in [0.25, 0.3) is 16.9 Å². The Balaban J connectivity index is 1.42. The van der Waals surface area contributed by atoms with Gasteiger partial charge in [0.15, 0.2) is 5.65 Å². The lowest BCUT2D eigenvalue weighted by molar-refractivity contribution is 0.0129. The number of pyridine rings is 1. The van der Waals surface area contributed by atoms with Crippen LogP contribution in [0.1, 0.15) is 33.2 Å². The lowest BCUT2D eigenvalue weighted by atomic mass is 10.1. The molecule has 4 heterocycles. The van der Waals surface area contributed by atoms with Crippen molar-refractivity contribution in [3.63, 3.8) is 0 Å². The Labute approximate surface area is 224 Å². The highest BCUT2D eigenvalue weighted by Crippen LogP contribution is 2.29. The SMILES string of the molecule is O=C(OCOc1c(Cc2ccco2)nc2c(Cc3ccccc3)nc(-c3ccccc3)cn12)c1ccccn1. The van der Waals surface area contributed by atoms with Crippen LogP contribution in [0, 0.1) is 0 Å². The number of fused-ring (bicyclic) bond motifs is 1. The number of hydrogen-bond acceptors (Lipinski definition) is 7. The normalized spacial score (nSPS) is 11.0. The molecule has 0 N–H and O–H groups in total. The van der Waals surface area contributed by atoms with Crippen molar-refractivity contribution in [2.24, 2.45) is 0 Å². The van der Waals surface area contributed by atoms with Crippen molar-refractivity contribution in [2.45, 2.75) is 12.8 Å². The number of aromatic nitrogens is 4. The number of hydrogen-bond donors (Lipinski definition) is 0. The van der Waals surface area contributed by atoms with Gasteiger partial charge in [-0.05, 0) is 29.8 Å². The molecule has 0 spiro atoms. The molecule has 0 fully saturated rings. The minimum atomic E-state index is -0.576. The molecule has 2 aromatic carbocycles. The summed E-state index contributed by atoms with van der Waals surface area (Å²) in [5.74, 6) is 0.604. The summed E-state index contributed by atoms with van der Waals surface area (Å²) in [5.41, 5.74) is 5.14. The Kier molecular flexibility index (Phi) is 6.81. The van der Waals surface area contributed by atoms with E-state index < -0.39 is 5.97 Å². The molecule has 0 atom stereocenters. The second-order valence-corrected chi connectivity index (χ2v) is 8.82. The third kappa shape index (κ3) is 5.40. The Morgan fingerprint density at radius 3 is 2.36 bits per heavy atom. The number of rotatable bonds is 9. The molecule has 0 unspecified atom stereocenters. The fourth-order valence-electron chi connectivity index (χ4n) is 4.33. The van der Waals surface area contributed by atoms with Gasteiger partial charge < -0.3 is 13.9 Å². The molecule has 8 heteroatoms. The van der Waals surface area contributed by atoms with Gasteiger partial charge in [0.25, 0.3) is 0 Å². The number of esters is 1. The number of ether oxygens (including phenoxy) is 2. The minimum absolute atomic E-state index is 0.204. The van der Waals surface area contributed by atoms with Gasteiger partial charge in [-0.2, -0.15) is 0 Å². The summed E-state index contributed by atoms with van der Waals surface area (Å²) in [5, 5.41) is 0. The first-order valence-corrected chi connectivity index (χ1v) is 12.5. The van der Waals surface area contributed by atoms with Gasteiger partial charge in [0.2, 0.25) is 12.7 Å². The van der Waals surface area contributed by atoms with Gasteiger partial charge in [0, 0.05) is 24.4 Å². The predicted octanol–water partition coefficient (Wildman–Crippen LogP) is 5.76. The van der Waals surface area contributed by atoms with Crippen molar-refractivity contribution in [3.05, 3.63) is 138 Å². The molecule has 0 saturated heterocycles. The molecule has 39 heavy (non-hydrogen) atoms. The molecule has 192 valence electrons. The van der Waals surface area contributed by atoms with Gasteiger partial charge in [-0.3, -0.25) is 4.40 Å². The van der Waals surface area contributed by atoms with Gasteiger partial charge in [0.05, 0.1) is 24.1 Å². The third-order valence-corrected chi connectivity index (χ3v) is 6.17. The summed E-state index contributed by atoms with van der Waals surface area (Å²) in [6.07, 6.45) is 6.03. The number of benzene rings is 2. The van der Waals surface area contributed by atoms with Crippen LogP contribution in [0.3, 0.4) is 0 Å². The first-order valence-electron chi connectivity index (χ1n) is 12.5. The van der Waals surface area contributed by atoms with E-state index in [1.165, 1.54) is 6.20 Å². The molecule has 0 aliphatic heterocycles. The summed E-state index contributed by atoms with van der Waals surface area (Å²) >= 11 is 0. The van der Waals surface area contributed by atoms with Crippen LogP contribution in [0.2, 0.25) is 0 Å². The molecule has 0 radical (unpaired) electrons. The maximum Gasteiger partial charge on any atom is 0.359 e. The second kappa shape index (κ2) is 11.0. The lowest BCUT2D eigenvalue weighted by Crippen LogP contribution is -2.13. The molecule has 0 bridgehead atoms. The average Bonchev–Trinajstić information content (AvgIpc) is 3.63. The highest BCUT2D eigenvalue weighted by molar-refractivity contribution is 5.87. The summed E-state index contributed by atoms with van der Waals surface area (Å²) in [6.45, 7) is -0.314. The monoisotopic (exact) mass is 516 g/mol. The molecule has 0 aliphatic carbocycles. The van der Waals surface area contributed by atoms with E-state index in [0.717, 1.165) is 28.3 Å². The van der Waals surface area contributed by atoms with Crippen LogP contribution in [0.5, 0.6) is 5.88 Å². The lowest BCUT2D eigenvalue weighted by Gasteiger charge is -2.11. The molecule has 6 rings (SSSR count). The van der Waals surface area contributed by atoms with Crippen LogP contribution in [-0.4, -0.2) is 32.1 Å². The van der Waals surface area contributed by atoms with Gasteiger partial charge in [0.1, 0.15) is 17.1 Å². The fraction of sp³-hybridized carbons (Fsp3) is 0.0968. The minimum Gasteiger partial charge on any atom is -0.469 e. The standard InChI is InChI=1S/C31H24N4O4/c36-31(25-15-7-8-16-32-25)39-21-38-30-27(19-24-14-9-17-37-24)34-29-26(18-22-10-3-1-4-11-22)33-28(20-35(29)30)23-12-5-2-6-13-23/h1-17,20H,18-19,21H2. The van der Waals surface area contributed by atoms with Crippen molar-refractivity contribution < 1.29 is 18.7 Å². The summed E-state index contributed by atoms with van der Waals surface area (Å²) in [6, 6.07) is 28.8. The van der Waals surface area contributed by atoms with Crippen LogP contribution in [0.4, 0.5) is 0 Å². The van der Waals surface area contributed by atoms with E-state index in [0.29, 0.717) is 30.1 Å². The quantitative estimate of drug-likeness (QED) is 0.178. The van der Waals surface area contributed by atoms with Crippen molar-refractivity contribution >= 4 is 11.6 Å². The highest BCUT2D eigenvalue weighted by atomic mass is 16.7. The van der Waals surface area contributed by atoms with Crippen molar-refractivity contribution in [2.75, 3.05) is 6.79 Å². The Morgan fingerprint density at radius 1 is 0.821 bits per heavy atom. The van der Waals surface area contributed by atoms with Crippen LogP contribution in [-0.2, 0) is 17.6 Å². The first kappa shape index (κ1) is 24.1. The number of furan rings is 1. The van der Waals surface area contributed by atoms with Crippen molar-refractivity contribution in [1.29, 1.82) is 0 Å². The number of nitrogens with zero attached hydrogens (tertiary/aromatic N) is 4. The topological polar surface area (TPSA) is 91.8 Å². The van der Waals surface area contributed by atoms with Crippen LogP contribution in [0.15, 0.2) is 114 Å². The third-order valence-electron chi connectivity index (χ3n) is 6.17. The second-order valence-electron chi connectivity index (χ2n) is 8.82. The van der Waals surface area contributed by atoms with Crippen LogP contribution < -0.4 is 4.74 Å². The first-order chi connectivity index (χ1) is 19.2. The molecule has 6 aromatic rings. The van der Waals surface area contributed by atoms with Crippen LogP contribution >= 0.6 is 0 Å². The fourth-order valence-corrected chi connectivity index (χ4v) is 4.33. The summed E-state index contributed by atoms with van der Waals surface area (Å²) in [4.78, 5) is 26.4. The van der Waals surface area contributed by atoms with Crippen molar-refractivity contribution in [1.82, 2.24) is 19.4 Å². The highest BCUT2D eigenvalue weighted by Gasteiger charge is 2.21. The smallest absolute Gasteiger partial charge is 0.359 e. The molecule has 0 amide bonds.